The summed E-state index contributed by atoms with van der Waals surface area (Å²) in [6.07, 6.45) is 5.35. The molecule has 0 aliphatic heterocycles. The van der Waals surface area contributed by atoms with Crippen molar-refractivity contribution >= 4 is 17.4 Å². The molecule has 1 radical (unpaired) electrons. The van der Waals surface area contributed by atoms with E-state index in [1.54, 1.807) is 6.08 Å². The third-order valence-electron chi connectivity index (χ3n) is 1.62. The van der Waals surface area contributed by atoms with Crippen molar-refractivity contribution in [3.8, 4) is 0 Å². The Morgan fingerprint density at radius 1 is 1.33 bits per heavy atom. The van der Waals surface area contributed by atoms with Crippen LogP contribution in [0.5, 0.6) is 0 Å². The van der Waals surface area contributed by atoms with Crippen molar-refractivity contribution in [1.82, 2.24) is 0 Å². The topological polar surface area (TPSA) is 0 Å². The van der Waals surface area contributed by atoms with Crippen LogP contribution in [0.25, 0.3) is 0 Å². The molecule has 0 saturated heterocycles. The van der Waals surface area contributed by atoms with Crippen LogP contribution in [0.2, 0.25) is 0 Å². The van der Waals surface area contributed by atoms with Gasteiger partial charge in [0.2, 0.25) is 0 Å². The highest BCUT2D eigenvalue weighted by atomic mass is 27.0. The van der Waals surface area contributed by atoms with E-state index in [2.05, 4.69) is 13.8 Å². The van der Waals surface area contributed by atoms with Crippen molar-refractivity contribution in [2.75, 3.05) is 0 Å². The first-order chi connectivity index (χ1) is 3.85. The van der Waals surface area contributed by atoms with Crippen LogP contribution in [0, 0.1) is 12.5 Å². The normalized spacial score (nSPS) is 8.78. The first-order valence-electron chi connectivity index (χ1n) is 3.38. The molecular formula is C8H18Al. The summed E-state index contributed by atoms with van der Waals surface area (Å²) in [5, 5.41) is 0. The molecule has 0 nitrogen and oxygen atoms in total. The van der Waals surface area contributed by atoms with Crippen LogP contribution in [0.3, 0.4) is 0 Å². The van der Waals surface area contributed by atoms with Gasteiger partial charge in [-0.05, 0) is 12.3 Å². The van der Waals surface area contributed by atoms with E-state index in [-0.39, 0.29) is 17.4 Å². The van der Waals surface area contributed by atoms with Crippen LogP contribution in [0.4, 0.5) is 0 Å². The van der Waals surface area contributed by atoms with Crippen LogP contribution in [-0.2, 0) is 0 Å². The molecule has 0 aliphatic carbocycles. The summed E-state index contributed by atoms with van der Waals surface area (Å²) in [6, 6.07) is 0. The highest BCUT2D eigenvalue weighted by Gasteiger charge is 1.97. The van der Waals surface area contributed by atoms with Crippen LogP contribution >= 0.6 is 0 Å². The molecule has 0 amide bonds. The third-order valence-corrected chi connectivity index (χ3v) is 1.62. The zero-order valence-corrected chi connectivity index (χ0v) is 5.85. The average molecular weight is 141 g/mol. The first-order valence-corrected chi connectivity index (χ1v) is 3.38. The number of allylic oxidation sites excluding steroid dienone is 1. The van der Waals surface area contributed by atoms with E-state index < -0.39 is 0 Å². The number of hydrogen-bond acceptors (Lipinski definition) is 0. The van der Waals surface area contributed by atoms with E-state index >= 15 is 0 Å². The van der Waals surface area contributed by atoms with E-state index in [0.717, 1.165) is 12.3 Å². The minimum atomic E-state index is 0. The maximum absolute atomic E-state index is 5.26. The Hall–Kier alpha value is 0.272. The fourth-order valence-corrected chi connectivity index (χ4v) is 0.814. The summed E-state index contributed by atoms with van der Waals surface area (Å²) in [6.45, 7) is 9.67. The second kappa shape index (κ2) is 8.27. The van der Waals surface area contributed by atoms with Gasteiger partial charge in [0.25, 0.3) is 0 Å². The molecule has 9 heavy (non-hydrogen) atoms. The Kier molecular flexibility index (Phi) is 11.0. The molecule has 0 atom stereocenters. The maximum atomic E-state index is 5.26. The lowest BCUT2D eigenvalue weighted by Crippen LogP contribution is -1.92. The summed E-state index contributed by atoms with van der Waals surface area (Å²) >= 11 is 0. The second-order valence-electron chi connectivity index (χ2n) is 2.15. The number of hydrogen-bond donors (Lipinski definition) is 0. The first kappa shape index (κ1) is 12.0. The Bertz CT molecular complexity index is 55.6. The predicted molar refractivity (Wildman–Crippen MR) is 47.5 cm³/mol. The molecule has 0 heterocycles. The Balaban J connectivity index is 0. The number of rotatable bonds is 4. The van der Waals surface area contributed by atoms with E-state index in [9.17, 15) is 0 Å². The molecule has 0 aromatic carbocycles. The quantitative estimate of drug-likeness (QED) is 0.522. The lowest BCUT2D eigenvalue weighted by Gasteiger charge is -2.06. The zero-order valence-electron chi connectivity index (χ0n) is 5.85. The molecule has 0 rings (SSSR count). The van der Waals surface area contributed by atoms with E-state index in [4.69, 9.17) is 6.58 Å². The van der Waals surface area contributed by atoms with Gasteiger partial charge in [-0.1, -0.05) is 39.3 Å². The maximum Gasteiger partial charge on any atom is 0.187 e. The summed E-state index contributed by atoms with van der Waals surface area (Å²) < 4.78 is 0. The van der Waals surface area contributed by atoms with Crippen LogP contribution in [0.1, 0.15) is 33.1 Å². The molecule has 0 spiro atoms. The average Bonchev–Trinajstić information content (AvgIpc) is 1.83. The molecule has 53 valence electrons. The third kappa shape index (κ3) is 6.15. The molecule has 0 fully saturated rings. The van der Waals surface area contributed by atoms with Gasteiger partial charge < -0.3 is 0 Å². The minimum absolute atomic E-state index is 0. The fraction of sp³-hybridized carbons (Fsp3) is 0.750. The Morgan fingerprint density at radius 3 is 1.89 bits per heavy atom. The fourth-order valence-electron chi connectivity index (χ4n) is 0.814. The van der Waals surface area contributed by atoms with Crippen LogP contribution in [-0.4, -0.2) is 17.4 Å². The molecule has 0 aromatic heterocycles. The van der Waals surface area contributed by atoms with Gasteiger partial charge in [-0.25, -0.2) is 0 Å². The molecule has 0 saturated carbocycles. The molecule has 0 aromatic rings. The van der Waals surface area contributed by atoms with Crippen molar-refractivity contribution < 1.29 is 0 Å². The van der Waals surface area contributed by atoms with Gasteiger partial charge in [0.15, 0.2) is 17.4 Å². The van der Waals surface area contributed by atoms with E-state index in [1.807, 2.05) is 0 Å². The molecule has 0 aliphatic rings. The molecule has 1 heteroatoms. The van der Waals surface area contributed by atoms with Crippen molar-refractivity contribution in [3.63, 3.8) is 0 Å². The van der Waals surface area contributed by atoms with Gasteiger partial charge in [0.1, 0.15) is 0 Å². The van der Waals surface area contributed by atoms with Crippen LogP contribution in [0.15, 0.2) is 6.08 Å². The van der Waals surface area contributed by atoms with Gasteiger partial charge in [-0.3, -0.25) is 0 Å². The monoisotopic (exact) mass is 141 g/mol. The summed E-state index contributed by atoms with van der Waals surface area (Å²) in [5.74, 6) is 0.819. The Morgan fingerprint density at radius 2 is 1.78 bits per heavy atom. The smallest absolute Gasteiger partial charge is 0.0843 e. The zero-order chi connectivity index (χ0) is 6.41. The second-order valence-corrected chi connectivity index (χ2v) is 2.15. The molecule has 0 bridgehead atoms. The van der Waals surface area contributed by atoms with Gasteiger partial charge in [-0.2, -0.15) is 0 Å². The van der Waals surface area contributed by atoms with E-state index in [0.29, 0.717) is 0 Å². The SMILES string of the molecule is [AlH3].[CH]=CCC(CC)CC. The van der Waals surface area contributed by atoms with Gasteiger partial charge in [-0.15, -0.1) is 0 Å². The highest BCUT2D eigenvalue weighted by Crippen LogP contribution is 2.11. The van der Waals surface area contributed by atoms with E-state index in [1.165, 1.54) is 12.8 Å². The minimum Gasteiger partial charge on any atom is -0.0843 e. The lowest BCUT2D eigenvalue weighted by molar-refractivity contribution is 0.500. The van der Waals surface area contributed by atoms with Gasteiger partial charge in [0, 0.05) is 0 Å². The largest absolute Gasteiger partial charge is 0.187 e. The van der Waals surface area contributed by atoms with Crippen molar-refractivity contribution in [2.45, 2.75) is 33.1 Å². The summed E-state index contributed by atoms with van der Waals surface area (Å²) in [7, 11) is 0. The standard InChI is InChI=1S/C8H15.Al.3H/c1-4-7-8(5-2)6-3;;;;/h1,4,8H,5-7H2,2-3H3;;;;. The van der Waals surface area contributed by atoms with Gasteiger partial charge >= 0.3 is 0 Å². The lowest BCUT2D eigenvalue weighted by atomic mass is 10.00. The highest BCUT2D eigenvalue weighted by molar-refractivity contribution is 5.75. The summed E-state index contributed by atoms with van der Waals surface area (Å²) in [5.41, 5.74) is 0. The predicted octanol–water partition coefficient (Wildman–Crippen LogP) is 1.62. The molecule has 0 N–H and O–H groups in total. The van der Waals surface area contributed by atoms with Crippen molar-refractivity contribution in [2.24, 2.45) is 5.92 Å². The van der Waals surface area contributed by atoms with Crippen LogP contribution < -0.4 is 0 Å². The van der Waals surface area contributed by atoms with Gasteiger partial charge in [0.05, 0.1) is 0 Å². The van der Waals surface area contributed by atoms with Crippen molar-refractivity contribution in [1.29, 1.82) is 0 Å². The molecule has 0 unspecified atom stereocenters. The molecular weight excluding hydrogens is 123 g/mol. The summed E-state index contributed by atoms with van der Waals surface area (Å²) in [4.78, 5) is 0. The Labute approximate surface area is 69.5 Å². The van der Waals surface area contributed by atoms with Crippen molar-refractivity contribution in [3.05, 3.63) is 12.7 Å².